The molecule has 0 unspecified atom stereocenters. The van der Waals surface area contributed by atoms with E-state index in [-0.39, 0.29) is 12.4 Å². The zero-order chi connectivity index (χ0) is 10.5. The Morgan fingerprint density at radius 1 is 1.00 bits per heavy atom. The third-order valence-corrected chi connectivity index (χ3v) is 5.37. The summed E-state index contributed by atoms with van der Waals surface area (Å²) in [4.78, 5) is 2.72. The van der Waals surface area contributed by atoms with Gasteiger partial charge in [0.15, 0.2) is 0 Å². The Bertz CT molecular complexity index is 216. The molecule has 4 bridgehead atoms. The SMILES string of the molecule is CCCN(C)C12CC3CC(CC(C3)C1)C2.Cl. The van der Waals surface area contributed by atoms with Crippen LogP contribution in [0.4, 0.5) is 0 Å². The van der Waals surface area contributed by atoms with Gasteiger partial charge in [-0.2, -0.15) is 0 Å². The summed E-state index contributed by atoms with van der Waals surface area (Å²) in [6.45, 7) is 3.63. The van der Waals surface area contributed by atoms with Crippen LogP contribution >= 0.6 is 12.4 Å². The average Bonchev–Trinajstić information content (AvgIpc) is 2.15. The van der Waals surface area contributed by atoms with Crippen LogP contribution in [0.15, 0.2) is 0 Å². The van der Waals surface area contributed by atoms with Crippen molar-refractivity contribution in [1.82, 2.24) is 4.90 Å². The quantitative estimate of drug-likeness (QED) is 0.730. The van der Waals surface area contributed by atoms with E-state index >= 15 is 0 Å². The Kier molecular flexibility index (Phi) is 3.57. The molecule has 0 atom stereocenters. The van der Waals surface area contributed by atoms with E-state index in [0.717, 1.165) is 17.8 Å². The number of halogens is 1. The van der Waals surface area contributed by atoms with Crippen LogP contribution < -0.4 is 0 Å². The maximum Gasteiger partial charge on any atom is 0.0214 e. The molecule has 4 aliphatic carbocycles. The molecular formula is C14H26ClN. The number of hydrogen-bond acceptors (Lipinski definition) is 1. The molecule has 0 saturated heterocycles. The average molecular weight is 244 g/mol. The second-order valence-corrected chi connectivity index (χ2v) is 6.56. The van der Waals surface area contributed by atoms with Crippen molar-refractivity contribution in [3.05, 3.63) is 0 Å². The number of hydrogen-bond donors (Lipinski definition) is 0. The Labute approximate surface area is 106 Å². The minimum atomic E-state index is 0. The highest BCUT2D eigenvalue weighted by atomic mass is 35.5. The van der Waals surface area contributed by atoms with E-state index in [1.165, 1.54) is 32.2 Å². The summed E-state index contributed by atoms with van der Waals surface area (Å²) in [5, 5.41) is 0. The molecule has 0 radical (unpaired) electrons. The van der Waals surface area contributed by atoms with E-state index < -0.39 is 0 Å². The molecule has 0 N–H and O–H groups in total. The van der Waals surface area contributed by atoms with Crippen molar-refractivity contribution >= 4 is 12.4 Å². The lowest BCUT2D eigenvalue weighted by Gasteiger charge is -2.60. The predicted molar refractivity (Wildman–Crippen MR) is 71.1 cm³/mol. The third-order valence-electron chi connectivity index (χ3n) is 5.37. The zero-order valence-corrected chi connectivity index (χ0v) is 11.6. The fourth-order valence-electron chi connectivity index (χ4n) is 5.11. The van der Waals surface area contributed by atoms with Gasteiger partial charge in [0.05, 0.1) is 0 Å². The molecule has 4 fully saturated rings. The van der Waals surface area contributed by atoms with Crippen LogP contribution in [0.1, 0.15) is 51.9 Å². The van der Waals surface area contributed by atoms with E-state index in [2.05, 4.69) is 18.9 Å². The van der Waals surface area contributed by atoms with E-state index in [1.54, 1.807) is 19.3 Å². The molecule has 0 amide bonds. The molecule has 0 heterocycles. The molecule has 94 valence electrons. The van der Waals surface area contributed by atoms with Gasteiger partial charge in [0.1, 0.15) is 0 Å². The summed E-state index contributed by atoms with van der Waals surface area (Å²) in [6, 6.07) is 0. The third kappa shape index (κ3) is 1.90. The normalized spacial score (nSPS) is 44.8. The van der Waals surface area contributed by atoms with Crippen LogP contribution in [-0.4, -0.2) is 24.0 Å². The topological polar surface area (TPSA) is 3.24 Å². The highest BCUT2D eigenvalue weighted by Gasteiger charge is 2.52. The zero-order valence-electron chi connectivity index (χ0n) is 10.7. The first-order valence-electron chi connectivity index (χ1n) is 6.93. The first-order chi connectivity index (χ1) is 7.22. The van der Waals surface area contributed by atoms with Crippen LogP contribution in [0.3, 0.4) is 0 Å². The van der Waals surface area contributed by atoms with Crippen molar-refractivity contribution in [1.29, 1.82) is 0 Å². The van der Waals surface area contributed by atoms with Crippen molar-refractivity contribution in [2.24, 2.45) is 17.8 Å². The van der Waals surface area contributed by atoms with Gasteiger partial charge in [-0.15, -0.1) is 12.4 Å². The van der Waals surface area contributed by atoms with E-state index in [0.29, 0.717) is 5.54 Å². The Balaban J connectivity index is 0.000000963. The van der Waals surface area contributed by atoms with Crippen molar-refractivity contribution < 1.29 is 0 Å². The van der Waals surface area contributed by atoms with E-state index in [1.807, 2.05) is 0 Å². The van der Waals surface area contributed by atoms with Gasteiger partial charge in [-0.05, 0) is 76.3 Å². The minimum Gasteiger partial charge on any atom is -0.301 e. The second kappa shape index (κ2) is 4.49. The van der Waals surface area contributed by atoms with Crippen LogP contribution in [0, 0.1) is 17.8 Å². The van der Waals surface area contributed by atoms with Crippen molar-refractivity contribution in [3.63, 3.8) is 0 Å². The molecule has 0 spiro atoms. The first-order valence-corrected chi connectivity index (χ1v) is 6.93. The monoisotopic (exact) mass is 243 g/mol. The first kappa shape index (κ1) is 12.7. The summed E-state index contributed by atoms with van der Waals surface area (Å²) in [5.74, 6) is 3.28. The van der Waals surface area contributed by atoms with Gasteiger partial charge in [0.2, 0.25) is 0 Å². The van der Waals surface area contributed by atoms with E-state index in [9.17, 15) is 0 Å². The molecular weight excluding hydrogens is 218 g/mol. The predicted octanol–water partition coefficient (Wildman–Crippen LogP) is 3.72. The molecule has 4 saturated carbocycles. The second-order valence-electron chi connectivity index (χ2n) is 6.56. The smallest absolute Gasteiger partial charge is 0.0214 e. The molecule has 0 aromatic heterocycles. The van der Waals surface area contributed by atoms with Crippen molar-refractivity contribution in [2.45, 2.75) is 57.4 Å². The number of rotatable bonds is 3. The molecule has 0 aromatic carbocycles. The lowest BCUT2D eigenvalue weighted by Crippen LogP contribution is -2.58. The van der Waals surface area contributed by atoms with Crippen LogP contribution in [-0.2, 0) is 0 Å². The fraction of sp³-hybridized carbons (Fsp3) is 1.00. The molecule has 0 aliphatic heterocycles. The fourth-order valence-corrected chi connectivity index (χ4v) is 5.11. The van der Waals surface area contributed by atoms with Gasteiger partial charge in [-0.1, -0.05) is 6.92 Å². The van der Waals surface area contributed by atoms with Gasteiger partial charge in [-0.25, -0.2) is 0 Å². The Hall–Kier alpha value is 0.250. The summed E-state index contributed by atoms with van der Waals surface area (Å²) >= 11 is 0. The highest BCUT2D eigenvalue weighted by molar-refractivity contribution is 5.85. The van der Waals surface area contributed by atoms with Gasteiger partial charge in [-0.3, -0.25) is 0 Å². The molecule has 16 heavy (non-hydrogen) atoms. The largest absolute Gasteiger partial charge is 0.301 e. The maximum absolute atomic E-state index is 2.72. The summed E-state index contributed by atoms with van der Waals surface area (Å²) in [6.07, 6.45) is 10.6. The Morgan fingerprint density at radius 3 is 1.81 bits per heavy atom. The molecule has 4 rings (SSSR count). The number of nitrogens with zero attached hydrogens (tertiary/aromatic N) is 1. The van der Waals surface area contributed by atoms with Crippen LogP contribution in [0.25, 0.3) is 0 Å². The molecule has 2 heteroatoms. The summed E-state index contributed by atoms with van der Waals surface area (Å²) in [7, 11) is 2.39. The lowest BCUT2D eigenvalue weighted by atomic mass is 9.52. The lowest BCUT2D eigenvalue weighted by molar-refractivity contribution is -0.0788. The van der Waals surface area contributed by atoms with Gasteiger partial charge >= 0.3 is 0 Å². The van der Waals surface area contributed by atoms with Gasteiger partial charge < -0.3 is 4.90 Å². The van der Waals surface area contributed by atoms with Crippen molar-refractivity contribution in [3.8, 4) is 0 Å². The molecule has 1 nitrogen and oxygen atoms in total. The summed E-state index contributed by atoms with van der Waals surface area (Å²) < 4.78 is 0. The van der Waals surface area contributed by atoms with Gasteiger partial charge in [0, 0.05) is 5.54 Å². The van der Waals surface area contributed by atoms with Gasteiger partial charge in [0.25, 0.3) is 0 Å². The van der Waals surface area contributed by atoms with Crippen LogP contribution in [0.2, 0.25) is 0 Å². The Morgan fingerprint density at radius 2 is 1.44 bits per heavy atom. The molecule has 4 aliphatic rings. The minimum absolute atomic E-state index is 0. The van der Waals surface area contributed by atoms with Crippen molar-refractivity contribution in [2.75, 3.05) is 13.6 Å². The standard InChI is InChI=1S/C14H25N.ClH/c1-3-4-15(2)14-8-11-5-12(9-14)7-13(6-11)10-14;/h11-13H,3-10H2,1-2H3;1H. The molecule has 0 aromatic rings. The highest BCUT2D eigenvalue weighted by Crippen LogP contribution is 2.57. The summed E-state index contributed by atoms with van der Waals surface area (Å²) in [5.41, 5.74) is 0.644. The van der Waals surface area contributed by atoms with E-state index in [4.69, 9.17) is 0 Å². The van der Waals surface area contributed by atoms with Crippen LogP contribution in [0.5, 0.6) is 0 Å². The maximum atomic E-state index is 2.72.